The normalized spacial score (nSPS) is 17.2. The molecule has 0 unspecified atom stereocenters. The van der Waals surface area contributed by atoms with Gasteiger partial charge in [0.2, 0.25) is 5.82 Å². The van der Waals surface area contributed by atoms with Crippen LogP contribution in [-0.4, -0.2) is 39.0 Å². The number of hydrogen-bond acceptors (Lipinski definition) is 5. The lowest BCUT2D eigenvalue weighted by Crippen LogP contribution is -2.39. The zero-order valence-electron chi connectivity index (χ0n) is 15.6. The molecule has 4 rings (SSSR count). The Bertz CT molecular complexity index is 1030. The number of likely N-dealkylation sites (tertiary alicyclic amines) is 1. The van der Waals surface area contributed by atoms with E-state index in [9.17, 15) is 22.4 Å². The smallest absolute Gasteiger partial charge is 0.338 e. The predicted molar refractivity (Wildman–Crippen MR) is 96.8 cm³/mol. The largest absolute Gasteiger partial charge is 0.471 e. The van der Waals surface area contributed by atoms with Gasteiger partial charge < -0.3 is 9.42 Å². The highest BCUT2D eigenvalue weighted by Crippen LogP contribution is 2.30. The Labute approximate surface area is 168 Å². The number of piperidine rings is 1. The van der Waals surface area contributed by atoms with Gasteiger partial charge >= 0.3 is 12.1 Å². The number of pyridine rings is 1. The first-order chi connectivity index (χ1) is 14.3. The molecule has 156 valence electrons. The maximum atomic E-state index is 13.1. The molecule has 0 saturated carbocycles. The molecule has 1 amide bonds. The Hall–Kier alpha value is -3.30. The first kappa shape index (κ1) is 20.0. The third-order valence-electron chi connectivity index (χ3n) is 4.93. The molecule has 10 heteroatoms. The number of halogens is 4. The molecule has 0 aliphatic carbocycles. The number of carbonyl (C=O) groups is 1. The molecule has 1 aromatic carbocycles. The lowest BCUT2D eigenvalue weighted by Gasteiger charge is -2.32. The van der Waals surface area contributed by atoms with Crippen LogP contribution in [-0.2, 0) is 6.18 Å². The number of nitrogens with zero attached hydrogens (tertiary/aromatic N) is 4. The molecule has 1 aliphatic rings. The monoisotopic (exact) mass is 420 g/mol. The van der Waals surface area contributed by atoms with Gasteiger partial charge in [-0.25, -0.2) is 4.39 Å². The van der Waals surface area contributed by atoms with E-state index in [1.807, 2.05) is 0 Å². The molecule has 0 radical (unpaired) electrons. The summed E-state index contributed by atoms with van der Waals surface area (Å²) >= 11 is 0. The van der Waals surface area contributed by atoms with Crippen molar-refractivity contribution >= 4 is 5.91 Å². The Balaban J connectivity index is 1.47. The van der Waals surface area contributed by atoms with Crippen LogP contribution in [0.5, 0.6) is 0 Å². The van der Waals surface area contributed by atoms with E-state index in [0.29, 0.717) is 24.2 Å². The molecule has 0 spiro atoms. The molecule has 3 heterocycles. The fourth-order valence-corrected chi connectivity index (χ4v) is 3.41. The highest BCUT2D eigenvalue weighted by Gasteiger charge is 2.38. The van der Waals surface area contributed by atoms with Crippen LogP contribution in [0.1, 0.15) is 40.7 Å². The summed E-state index contributed by atoms with van der Waals surface area (Å²) in [5.74, 6) is -2.21. The van der Waals surface area contributed by atoms with Gasteiger partial charge in [0.15, 0.2) is 0 Å². The number of hydrogen-bond donors (Lipinski definition) is 0. The SMILES string of the molecule is O=C(c1ccc(F)cc1)N1CCC[C@H](c2ccc(-c3noc(C(F)(F)F)n3)cn2)C1. The zero-order valence-corrected chi connectivity index (χ0v) is 15.6. The highest BCUT2D eigenvalue weighted by molar-refractivity contribution is 5.94. The van der Waals surface area contributed by atoms with Crippen LogP contribution >= 0.6 is 0 Å². The summed E-state index contributed by atoms with van der Waals surface area (Å²) in [6.07, 6.45) is -1.72. The highest BCUT2D eigenvalue weighted by atomic mass is 19.4. The zero-order chi connectivity index (χ0) is 21.3. The summed E-state index contributed by atoms with van der Waals surface area (Å²) in [4.78, 5) is 22.1. The van der Waals surface area contributed by atoms with Gasteiger partial charge in [-0.15, -0.1) is 0 Å². The lowest BCUT2D eigenvalue weighted by atomic mass is 9.93. The Morgan fingerprint density at radius 2 is 1.90 bits per heavy atom. The van der Waals surface area contributed by atoms with E-state index < -0.39 is 17.9 Å². The van der Waals surface area contributed by atoms with Crippen LogP contribution in [0, 0.1) is 5.82 Å². The van der Waals surface area contributed by atoms with Crippen LogP contribution in [0.25, 0.3) is 11.4 Å². The molecule has 3 aromatic rings. The van der Waals surface area contributed by atoms with E-state index in [2.05, 4.69) is 19.6 Å². The summed E-state index contributed by atoms with van der Waals surface area (Å²) in [6.45, 7) is 1.04. The summed E-state index contributed by atoms with van der Waals surface area (Å²) < 4.78 is 55.1. The van der Waals surface area contributed by atoms with Crippen molar-refractivity contribution < 1.29 is 26.9 Å². The fraction of sp³-hybridized carbons (Fsp3) is 0.300. The average molecular weight is 420 g/mol. The van der Waals surface area contributed by atoms with Crippen molar-refractivity contribution in [2.24, 2.45) is 0 Å². The van der Waals surface area contributed by atoms with Crippen molar-refractivity contribution in [3.05, 3.63) is 65.6 Å². The number of carbonyl (C=O) groups excluding carboxylic acids is 1. The maximum absolute atomic E-state index is 13.1. The number of aromatic nitrogens is 3. The number of alkyl halides is 3. The predicted octanol–water partition coefficient (Wildman–Crippen LogP) is 4.31. The Kier molecular flexibility index (Phi) is 5.23. The molecule has 0 N–H and O–H groups in total. The molecule has 2 aromatic heterocycles. The second kappa shape index (κ2) is 7.85. The molecule has 1 atom stereocenters. The Morgan fingerprint density at radius 3 is 2.53 bits per heavy atom. The third kappa shape index (κ3) is 4.17. The third-order valence-corrected chi connectivity index (χ3v) is 4.93. The van der Waals surface area contributed by atoms with Gasteiger partial charge in [-0.2, -0.15) is 18.2 Å². The van der Waals surface area contributed by atoms with Gasteiger partial charge in [0, 0.05) is 42.0 Å². The molecular formula is C20H16F4N4O2. The minimum absolute atomic E-state index is 0.0202. The van der Waals surface area contributed by atoms with Crippen molar-refractivity contribution in [1.29, 1.82) is 0 Å². The van der Waals surface area contributed by atoms with Gasteiger partial charge in [-0.1, -0.05) is 5.16 Å². The molecule has 0 bridgehead atoms. The standard InChI is InChI=1S/C20H16F4N4O2/c21-15-6-3-12(4-7-15)18(29)28-9-1-2-14(11-28)16-8-5-13(10-25-16)17-26-19(30-27-17)20(22,23)24/h3-8,10,14H,1-2,9,11H2/t14-/m0/s1. The van der Waals surface area contributed by atoms with E-state index in [-0.39, 0.29) is 17.6 Å². The summed E-state index contributed by atoms with van der Waals surface area (Å²) in [5.41, 5.74) is 1.43. The van der Waals surface area contributed by atoms with E-state index in [0.717, 1.165) is 18.5 Å². The first-order valence-electron chi connectivity index (χ1n) is 9.23. The van der Waals surface area contributed by atoms with Crippen molar-refractivity contribution in [2.75, 3.05) is 13.1 Å². The van der Waals surface area contributed by atoms with E-state index in [1.165, 1.54) is 30.5 Å². The van der Waals surface area contributed by atoms with Crippen molar-refractivity contribution in [2.45, 2.75) is 24.9 Å². The quantitative estimate of drug-likeness (QED) is 0.591. The van der Waals surface area contributed by atoms with E-state index in [1.54, 1.807) is 17.0 Å². The summed E-state index contributed by atoms with van der Waals surface area (Å²) in [5, 5.41) is 3.34. The molecular weight excluding hydrogens is 404 g/mol. The Morgan fingerprint density at radius 1 is 1.13 bits per heavy atom. The van der Waals surface area contributed by atoms with Gasteiger partial charge in [0.05, 0.1) is 0 Å². The summed E-state index contributed by atoms with van der Waals surface area (Å²) in [6, 6.07) is 8.67. The summed E-state index contributed by atoms with van der Waals surface area (Å²) in [7, 11) is 0. The number of rotatable bonds is 3. The second-order valence-corrected chi connectivity index (χ2v) is 6.99. The maximum Gasteiger partial charge on any atom is 0.471 e. The van der Waals surface area contributed by atoms with Crippen molar-refractivity contribution in [3.63, 3.8) is 0 Å². The molecule has 1 aliphatic heterocycles. The fourth-order valence-electron chi connectivity index (χ4n) is 3.41. The van der Waals surface area contributed by atoms with Crippen LogP contribution in [0.2, 0.25) is 0 Å². The van der Waals surface area contributed by atoms with Gasteiger partial charge in [-0.05, 0) is 49.2 Å². The molecule has 1 fully saturated rings. The lowest BCUT2D eigenvalue weighted by molar-refractivity contribution is -0.159. The number of amides is 1. The minimum Gasteiger partial charge on any atom is -0.338 e. The van der Waals surface area contributed by atoms with Crippen LogP contribution in [0.4, 0.5) is 17.6 Å². The van der Waals surface area contributed by atoms with Gasteiger partial charge in [0.25, 0.3) is 5.91 Å². The van der Waals surface area contributed by atoms with Crippen LogP contribution in [0.3, 0.4) is 0 Å². The molecule has 1 saturated heterocycles. The van der Waals surface area contributed by atoms with Crippen molar-refractivity contribution in [3.8, 4) is 11.4 Å². The number of benzene rings is 1. The van der Waals surface area contributed by atoms with Crippen LogP contribution < -0.4 is 0 Å². The average Bonchev–Trinajstić information content (AvgIpc) is 3.25. The van der Waals surface area contributed by atoms with Gasteiger partial charge in [0.1, 0.15) is 5.82 Å². The van der Waals surface area contributed by atoms with E-state index >= 15 is 0 Å². The van der Waals surface area contributed by atoms with E-state index in [4.69, 9.17) is 0 Å². The molecule has 6 nitrogen and oxygen atoms in total. The second-order valence-electron chi connectivity index (χ2n) is 6.99. The van der Waals surface area contributed by atoms with Crippen molar-refractivity contribution in [1.82, 2.24) is 20.0 Å². The minimum atomic E-state index is -4.71. The first-order valence-corrected chi connectivity index (χ1v) is 9.23. The molecule has 30 heavy (non-hydrogen) atoms. The van der Waals surface area contributed by atoms with Gasteiger partial charge in [-0.3, -0.25) is 9.78 Å². The van der Waals surface area contributed by atoms with Crippen LogP contribution in [0.15, 0.2) is 47.1 Å². The topological polar surface area (TPSA) is 72.1 Å².